The Hall–Kier alpha value is -1.68. The maximum atomic E-state index is 11.4. The van der Waals surface area contributed by atoms with Crippen LogP contribution in [0.4, 0.5) is 0 Å². The van der Waals surface area contributed by atoms with Gasteiger partial charge in [0.05, 0.1) is 6.20 Å². The average Bonchev–Trinajstić information content (AvgIpc) is 2.45. The van der Waals surface area contributed by atoms with Gasteiger partial charge >= 0.3 is 0 Å². The summed E-state index contributed by atoms with van der Waals surface area (Å²) < 4.78 is 6.64. The smallest absolute Gasteiger partial charge is 0.180 e. The number of halogens is 1. The Kier molecular flexibility index (Phi) is 4.68. The molecule has 1 heterocycles. The van der Waals surface area contributed by atoms with Crippen LogP contribution >= 0.6 is 15.9 Å². The monoisotopic (exact) mass is 319 g/mol. The van der Waals surface area contributed by atoms with Gasteiger partial charge in [0.1, 0.15) is 18.1 Å². The molecule has 0 saturated heterocycles. The van der Waals surface area contributed by atoms with Crippen LogP contribution in [0, 0.1) is 0 Å². The summed E-state index contributed by atoms with van der Waals surface area (Å²) in [4.78, 5) is 15.5. The molecule has 0 amide bonds. The summed E-state index contributed by atoms with van der Waals surface area (Å²) in [5.41, 5.74) is 1.56. The van der Waals surface area contributed by atoms with E-state index in [-0.39, 0.29) is 5.78 Å². The van der Waals surface area contributed by atoms with E-state index >= 15 is 0 Å². The molecule has 2 aromatic rings. The first kappa shape index (κ1) is 13.7. The summed E-state index contributed by atoms with van der Waals surface area (Å²) >= 11 is 3.42. The van der Waals surface area contributed by atoms with E-state index in [1.807, 2.05) is 31.2 Å². The summed E-state index contributed by atoms with van der Waals surface area (Å²) in [6.07, 6.45) is 2.05. The standard InChI is InChI=1S/C15H14BrNO2/c1-2-15(18)14-7-6-13(9-17-14)19-10-11-4-3-5-12(16)8-11/h3-9H,2,10H2,1H3. The van der Waals surface area contributed by atoms with E-state index in [0.717, 1.165) is 10.0 Å². The molecule has 19 heavy (non-hydrogen) atoms. The molecule has 0 unspecified atom stereocenters. The summed E-state index contributed by atoms with van der Waals surface area (Å²) in [7, 11) is 0. The van der Waals surface area contributed by atoms with Gasteiger partial charge < -0.3 is 4.74 Å². The highest BCUT2D eigenvalue weighted by atomic mass is 79.9. The van der Waals surface area contributed by atoms with Crippen LogP contribution in [0.5, 0.6) is 5.75 Å². The Bertz CT molecular complexity index is 567. The zero-order chi connectivity index (χ0) is 13.7. The molecule has 0 spiro atoms. The molecule has 3 nitrogen and oxygen atoms in total. The number of ketones is 1. The first-order chi connectivity index (χ1) is 9.19. The van der Waals surface area contributed by atoms with Gasteiger partial charge in [-0.25, -0.2) is 4.98 Å². The molecule has 98 valence electrons. The molecule has 0 aliphatic rings. The zero-order valence-electron chi connectivity index (χ0n) is 10.6. The highest BCUT2D eigenvalue weighted by Crippen LogP contribution is 2.15. The van der Waals surface area contributed by atoms with Crippen LogP contribution in [0.15, 0.2) is 47.1 Å². The number of Topliss-reactive ketones (excluding diaryl/α,β-unsaturated/α-hetero) is 1. The molecule has 0 fully saturated rings. The van der Waals surface area contributed by atoms with E-state index in [1.54, 1.807) is 18.3 Å². The molecule has 1 aromatic carbocycles. The summed E-state index contributed by atoms with van der Waals surface area (Å²) in [6.45, 7) is 2.30. The highest BCUT2D eigenvalue weighted by molar-refractivity contribution is 9.10. The molecular formula is C15H14BrNO2. The molecule has 0 atom stereocenters. The minimum Gasteiger partial charge on any atom is -0.487 e. The maximum Gasteiger partial charge on any atom is 0.180 e. The lowest BCUT2D eigenvalue weighted by atomic mass is 10.2. The molecular weight excluding hydrogens is 306 g/mol. The van der Waals surface area contributed by atoms with Crippen molar-refractivity contribution >= 4 is 21.7 Å². The molecule has 1 aromatic heterocycles. The van der Waals surface area contributed by atoms with E-state index in [1.165, 1.54) is 0 Å². The van der Waals surface area contributed by atoms with Crippen molar-refractivity contribution < 1.29 is 9.53 Å². The third kappa shape index (κ3) is 3.89. The van der Waals surface area contributed by atoms with E-state index in [9.17, 15) is 4.79 Å². The van der Waals surface area contributed by atoms with Crippen molar-refractivity contribution in [3.8, 4) is 5.75 Å². The number of pyridine rings is 1. The number of aromatic nitrogens is 1. The largest absolute Gasteiger partial charge is 0.487 e. The Balaban J connectivity index is 1.98. The van der Waals surface area contributed by atoms with Gasteiger partial charge in [0.25, 0.3) is 0 Å². The first-order valence-electron chi connectivity index (χ1n) is 6.05. The average molecular weight is 320 g/mol. The summed E-state index contributed by atoms with van der Waals surface area (Å²) in [5.74, 6) is 0.700. The molecule has 0 saturated carbocycles. The normalized spacial score (nSPS) is 10.2. The van der Waals surface area contributed by atoms with Crippen molar-refractivity contribution in [1.29, 1.82) is 0 Å². The molecule has 0 bridgehead atoms. The number of hydrogen-bond acceptors (Lipinski definition) is 3. The van der Waals surface area contributed by atoms with Crippen LogP contribution in [0.2, 0.25) is 0 Å². The van der Waals surface area contributed by atoms with Crippen molar-refractivity contribution in [3.05, 3.63) is 58.3 Å². The Morgan fingerprint density at radius 3 is 2.79 bits per heavy atom. The van der Waals surface area contributed by atoms with Gasteiger partial charge in [-0.1, -0.05) is 35.0 Å². The second-order valence-corrected chi connectivity index (χ2v) is 4.99. The number of ether oxygens (including phenoxy) is 1. The molecule has 0 aliphatic heterocycles. The minimum absolute atomic E-state index is 0.0403. The van der Waals surface area contributed by atoms with E-state index < -0.39 is 0 Å². The molecule has 2 rings (SSSR count). The molecule has 0 aliphatic carbocycles. The van der Waals surface area contributed by atoms with Gasteiger partial charge in [-0.2, -0.15) is 0 Å². The maximum absolute atomic E-state index is 11.4. The third-order valence-corrected chi connectivity index (χ3v) is 3.13. The second-order valence-electron chi connectivity index (χ2n) is 4.07. The van der Waals surface area contributed by atoms with Crippen LogP contribution in [0.3, 0.4) is 0 Å². The fraction of sp³-hybridized carbons (Fsp3) is 0.200. The van der Waals surface area contributed by atoms with Crippen LogP contribution in [0.25, 0.3) is 0 Å². The van der Waals surface area contributed by atoms with E-state index in [2.05, 4.69) is 20.9 Å². The molecule has 4 heteroatoms. The predicted octanol–water partition coefficient (Wildman–Crippen LogP) is 4.02. The number of carbonyl (C=O) groups is 1. The lowest BCUT2D eigenvalue weighted by Gasteiger charge is -2.06. The molecule has 0 radical (unpaired) electrons. The lowest BCUT2D eigenvalue weighted by Crippen LogP contribution is -2.01. The van der Waals surface area contributed by atoms with Crippen molar-refractivity contribution in [3.63, 3.8) is 0 Å². The Labute approximate surface area is 120 Å². The van der Waals surface area contributed by atoms with Crippen LogP contribution in [0.1, 0.15) is 29.4 Å². The molecule has 0 N–H and O–H groups in total. The fourth-order valence-electron chi connectivity index (χ4n) is 1.61. The predicted molar refractivity (Wildman–Crippen MR) is 77.3 cm³/mol. The van der Waals surface area contributed by atoms with Gasteiger partial charge in [-0.05, 0) is 29.8 Å². The first-order valence-corrected chi connectivity index (χ1v) is 6.85. The van der Waals surface area contributed by atoms with Gasteiger partial charge in [-0.15, -0.1) is 0 Å². The Morgan fingerprint density at radius 1 is 1.32 bits per heavy atom. The van der Waals surface area contributed by atoms with Crippen molar-refractivity contribution in [2.24, 2.45) is 0 Å². The zero-order valence-corrected chi connectivity index (χ0v) is 12.2. The quantitative estimate of drug-likeness (QED) is 0.781. The number of hydrogen-bond donors (Lipinski definition) is 0. The van der Waals surface area contributed by atoms with Gasteiger partial charge in [0.15, 0.2) is 5.78 Å². The van der Waals surface area contributed by atoms with Gasteiger partial charge in [0.2, 0.25) is 0 Å². The SMILES string of the molecule is CCC(=O)c1ccc(OCc2cccc(Br)c2)cn1. The van der Waals surface area contributed by atoms with E-state index in [0.29, 0.717) is 24.5 Å². The van der Waals surface area contributed by atoms with Crippen LogP contribution < -0.4 is 4.74 Å². The fourth-order valence-corrected chi connectivity index (χ4v) is 2.05. The number of rotatable bonds is 5. The van der Waals surface area contributed by atoms with E-state index in [4.69, 9.17) is 4.74 Å². The Morgan fingerprint density at radius 2 is 2.16 bits per heavy atom. The van der Waals surface area contributed by atoms with Gasteiger partial charge in [0, 0.05) is 10.9 Å². The van der Waals surface area contributed by atoms with Crippen molar-refractivity contribution in [2.45, 2.75) is 20.0 Å². The van der Waals surface area contributed by atoms with Crippen LogP contribution in [-0.2, 0) is 6.61 Å². The van der Waals surface area contributed by atoms with Gasteiger partial charge in [-0.3, -0.25) is 4.79 Å². The van der Waals surface area contributed by atoms with Crippen LogP contribution in [-0.4, -0.2) is 10.8 Å². The third-order valence-electron chi connectivity index (χ3n) is 2.64. The highest BCUT2D eigenvalue weighted by Gasteiger charge is 2.04. The lowest BCUT2D eigenvalue weighted by molar-refractivity contribution is 0.0983. The summed E-state index contributed by atoms with van der Waals surface area (Å²) in [6, 6.07) is 11.4. The summed E-state index contributed by atoms with van der Waals surface area (Å²) in [5, 5.41) is 0. The van der Waals surface area contributed by atoms with Crippen molar-refractivity contribution in [2.75, 3.05) is 0 Å². The second kappa shape index (κ2) is 6.48. The van der Waals surface area contributed by atoms with Crippen molar-refractivity contribution in [1.82, 2.24) is 4.98 Å². The number of carbonyl (C=O) groups excluding carboxylic acids is 1. The number of benzene rings is 1. The topological polar surface area (TPSA) is 39.2 Å². The minimum atomic E-state index is 0.0403. The number of nitrogens with zero attached hydrogens (tertiary/aromatic N) is 1.